The van der Waals surface area contributed by atoms with Gasteiger partial charge in [-0.05, 0) is 48.9 Å². The van der Waals surface area contributed by atoms with Gasteiger partial charge in [-0.2, -0.15) is 13.2 Å². The number of carbonyl (C=O) groups excluding carboxylic acids is 1. The number of nitrogens with zero attached hydrogens (tertiary/aromatic N) is 1. The predicted molar refractivity (Wildman–Crippen MR) is 113 cm³/mol. The molecule has 0 radical (unpaired) electrons. The minimum absolute atomic E-state index is 0.00317. The molecule has 1 aliphatic carbocycles. The molecule has 5 nitrogen and oxygen atoms in total. The van der Waals surface area contributed by atoms with Crippen LogP contribution < -0.4 is 10.1 Å². The molecule has 1 fully saturated rings. The number of aliphatic hydroxyl groups excluding tert-OH is 1. The summed E-state index contributed by atoms with van der Waals surface area (Å²) in [6.07, 6.45) is -1.99. The maximum Gasteiger partial charge on any atom is 0.389 e. The van der Waals surface area contributed by atoms with E-state index in [1.54, 1.807) is 6.92 Å². The molecule has 31 heavy (non-hydrogen) atoms. The monoisotopic (exact) mass is 440 g/mol. The number of ether oxygens (including phenoxy) is 1. The quantitative estimate of drug-likeness (QED) is 0.578. The molecular weight excluding hydrogens is 409 g/mol. The van der Waals surface area contributed by atoms with E-state index in [9.17, 15) is 18.0 Å². The lowest BCUT2D eigenvalue weighted by Gasteiger charge is -2.40. The van der Waals surface area contributed by atoms with Crippen LogP contribution in [0.5, 0.6) is 5.75 Å². The average Bonchev–Trinajstić information content (AvgIpc) is 2.66. The summed E-state index contributed by atoms with van der Waals surface area (Å²) in [7, 11) is 0. The van der Waals surface area contributed by atoms with Crippen LogP contribution in [0.4, 0.5) is 13.2 Å². The molecule has 8 heteroatoms. The smallest absolute Gasteiger partial charge is 0.389 e. The van der Waals surface area contributed by atoms with Crippen LogP contribution in [-0.2, 0) is 11.2 Å². The lowest BCUT2D eigenvalue weighted by Crippen LogP contribution is -2.55. The topological polar surface area (TPSA) is 61.8 Å². The number of likely N-dealkylation sites (tertiary alicyclic amines) is 1. The number of halogens is 3. The Morgan fingerprint density at radius 2 is 2.10 bits per heavy atom. The highest BCUT2D eigenvalue weighted by molar-refractivity contribution is 5.80. The van der Waals surface area contributed by atoms with Crippen molar-refractivity contribution < 1.29 is 27.8 Å². The van der Waals surface area contributed by atoms with Gasteiger partial charge in [0.25, 0.3) is 0 Å². The molecular formula is C23H31F3N2O3. The summed E-state index contributed by atoms with van der Waals surface area (Å²) in [6.45, 7) is 6.17. The Balaban J connectivity index is 1.50. The van der Waals surface area contributed by atoms with Gasteiger partial charge in [-0.3, -0.25) is 9.69 Å². The van der Waals surface area contributed by atoms with Gasteiger partial charge in [0.2, 0.25) is 5.91 Å². The molecule has 1 heterocycles. The average molecular weight is 441 g/mol. The fraction of sp³-hybridized carbons (Fsp3) is 0.609. The van der Waals surface area contributed by atoms with Crippen molar-refractivity contribution in [2.75, 3.05) is 32.8 Å². The highest BCUT2D eigenvalue weighted by Crippen LogP contribution is 2.32. The Kier molecular flexibility index (Phi) is 7.64. The molecule has 1 aromatic carbocycles. The largest absolute Gasteiger partial charge is 0.494 e. The van der Waals surface area contributed by atoms with E-state index in [2.05, 4.69) is 23.2 Å². The first-order valence-electron chi connectivity index (χ1n) is 10.8. The van der Waals surface area contributed by atoms with Gasteiger partial charge in [0.05, 0.1) is 19.1 Å². The highest BCUT2D eigenvalue weighted by Gasteiger charge is 2.34. The zero-order valence-corrected chi connectivity index (χ0v) is 18.0. The zero-order valence-electron chi connectivity index (χ0n) is 18.0. The number of aliphatic hydroxyl groups is 1. The molecule has 0 aromatic heterocycles. The summed E-state index contributed by atoms with van der Waals surface area (Å²) in [5, 5.41) is 11.9. The molecule has 172 valence electrons. The molecule has 3 rings (SSSR count). The number of fused-ring (bicyclic) bond motifs is 1. The van der Waals surface area contributed by atoms with Crippen LogP contribution in [0.25, 0.3) is 6.08 Å². The molecule has 1 aliphatic heterocycles. The number of hydrogen-bond acceptors (Lipinski definition) is 4. The normalized spacial score (nSPS) is 20.5. The van der Waals surface area contributed by atoms with Crippen molar-refractivity contribution in [1.82, 2.24) is 10.2 Å². The molecule has 1 amide bonds. The van der Waals surface area contributed by atoms with Gasteiger partial charge in [0.15, 0.2) is 0 Å². The van der Waals surface area contributed by atoms with Crippen LogP contribution in [0.3, 0.4) is 0 Å². The van der Waals surface area contributed by atoms with Gasteiger partial charge in [-0.15, -0.1) is 0 Å². The van der Waals surface area contributed by atoms with Crippen molar-refractivity contribution in [2.45, 2.75) is 45.3 Å². The van der Waals surface area contributed by atoms with Gasteiger partial charge in [0.1, 0.15) is 5.75 Å². The van der Waals surface area contributed by atoms with Gasteiger partial charge >= 0.3 is 6.18 Å². The minimum Gasteiger partial charge on any atom is -0.494 e. The minimum atomic E-state index is -4.14. The molecule has 2 atom stereocenters. The fourth-order valence-corrected chi connectivity index (χ4v) is 3.99. The molecule has 0 spiro atoms. The van der Waals surface area contributed by atoms with E-state index in [1.807, 2.05) is 18.2 Å². The first-order valence-corrected chi connectivity index (χ1v) is 10.8. The van der Waals surface area contributed by atoms with Gasteiger partial charge in [-0.25, -0.2) is 0 Å². The summed E-state index contributed by atoms with van der Waals surface area (Å²) in [6, 6.07) is 5.47. The van der Waals surface area contributed by atoms with Crippen molar-refractivity contribution in [1.29, 1.82) is 0 Å². The Labute approximate surface area is 181 Å². The summed E-state index contributed by atoms with van der Waals surface area (Å²) in [4.78, 5) is 14.4. The van der Waals surface area contributed by atoms with Crippen LogP contribution in [0.2, 0.25) is 0 Å². The summed E-state index contributed by atoms with van der Waals surface area (Å²) in [5.41, 5.74) is 3.57. The number of carbonyl (C=O) groups is 1. The molecule has 0 unspecified atom stereocenters. The van der Waals surface area contributed by atoms with Gasteiger partial charge < -0.3 is 15.2 Å². The Morgan fingerprint density at radius 1 is 1.35 bits per heavy atom. The number of rotatable bonds is 9. The number of amides is 1. The van der Waals surface area contributed by atoms with Crippen LogP contribution in [0, 0.1) is 11.8 Å². The SMILES string of the molecule is C[C@@H](CO)NC(=O)C1CN(CC2=Cc3ccc(OCCCC(F)(F)F)cc3C[C@@H]2C)C1. The first-order chi connectivity index (χ1) is 14.6. The number of alkyl halides is 3. The van der Waals surface area contributed by atoms with Crippen molar-refractivity contribution in [2.24, 2.45) is 11.8 Å². The van der Waals surface area contributed by atoms with Crippen molar-refractivity contribution in [3.63, 3.8) is 0 Å². The maximum absolute atomic E-state index is 12.2. The molecule has 0 bridgehead atoms. The summed E-state index contributed by atoms with van der Waals surface area (Å²) in [5.74, 6) is 0.920. The molecule has 0 saturated carbocycles. The van der Waals surface area contributed by atoms with E-state index in [0.717, 1.165) is 24.1 Å². The van der Waals surface area contributed by atoms with E-state index in [0.29, 0.717) is 24.8 Å². The first kappa shape index (κ1) is 23.6. The molecule has 1 aromatic rings. The standard InChI is InChI=1S/C23H31F3N2O3/c1-15-8-18-10-21(31-7-3-6-23(24,25)26)5-4-17(18)9-19(15)11-28-12-20(13-28)22(30)27-16(2)14-29/h4-5,9-10,15-16,20,29H,3,6-8,11-14H2,1-2H3,(H,27,30)/t15-,16-/m0/s1. The second kappa shape index (κ2) is 10.0. The fourth-order valence-electron chi connectivity index (χ4n) is 3.99. The number of hydrogen-bond donors (Lipinski definition) is 2. The van der Waals surface area contributed by atoms with E-state index >= 15 is 0 Å². The van der Waals surface area contributed by atoms with E-state index in [-0.39, 0.29) is 37.5 Å². The summed E-state index contributed by atoms with van der Waals surface area (Å²) >= 11 is 0. The molecule has 2 N–H and O–H groups in total. The molecule has 2 aliphatic rings. The third-order valence-corrected chi connectivity index (χ3v) is 5.88. The van der Waals surface area contributed by atoms with E-state index < -0.39 is 12.6 Å². The van der Waals surface area contributed by atoms with Gasteiger partial charge in [-0.1, -0.05) is 24.6 Å². The zero-order chi connectivity index (χ0) is 22.6. The van der Waals surface area contributed by atoms with Crippen molar-refractivity contribution >= 4 is 12.0 Å². The van der Waals surface area contributed by atoms with Crippen LogP contribution >= 0.6 is 0 Å². The predicted octanol–water partition coefficient (Wildman–Crippen LogP) is 3.41. The Morgan fingerprint density at radius 3 is 2.77 bits per heavy atom. The van der Waals surface area contributed by atoms with E-state index in [1.165, 1.54) is 5.57 Å². The third kappa shape index (κ3) is 6.71. The van der Waals surface area contributed by atoms with Crippen molar-refractivity contribution in [3.05, 3.63) is 34.9 Å². The lowest BCUT2D eigenvalue weighted by molar-refractivity contribution is -0.136. The second-order valence-corrected chi connectivity index (χ2v) is 8.74. The Bertz CT molecular complexity index is 804. The highest BCUT2D eigenvalue weighted by atomic mass is 19.4. The number of nitrogens with one attached hydrogen (secondary N) is 1. The van der Waals surface area contributed by atoms with Crippen LogP contribution in [0.1, 0.15) is 37.8 Å². The maximum atomic E-state index is 12.2. The van der Waals surface area contributed by atoms with Crippen molar-refractivity contribution in [3.8, 4) is 5.75 Å². The number of benzene rings is 1. The second-order valence-electron chi connectivity index (χ2n) is 8.74. The third-order valence-electron chi connectivity index (χ3n) is 5.88. The van der Waals surface area contributed by atoms with E-state index in [4.69, 9.17) is 9.84 Å². The Hall–Kier alpha value is -2.06. The summed E-state index contributed by atoms with van der Waals surface area (Å²) < 4.78 is 42.2. The lowest BCUT2D eigenvalue weighted by atomic mass is 9.83. The molecule has 1 saturated heterocycles. The van der Waals surface area contributed by atoms with Crippen LogP contribution in [-0.4, -0.2) is 61.0 Å². The van der Waals surface area contributed by atoms with Crippen LogP contribution in [0.15, 0.2) is 23.8 Å². The van der Waals surface area contributed by atoms with Gasteiger partial charge in [0, 0.05) is 32.1 Å².